The van der Waals surface area contributed by atoms with Gasteiger partial charge >= 0.3 is 17.5 Å². The van der Waals surface area contributed by atoms with E-state index in [-0.39, 0.29) is 4.74 Å². The molecule has 0 heterocycles. The minimum atomic E-state index is -0.767. The van der Waals surface area contributed by atoms with Crippen LogP contribution in [0, 0.1) is 5.21 Å². The Kier molecular flexibility index (Phi) is 4.87. The summed E-state index contributed by atoms with van der Waals surface area (Å²) >= 11 is 0. The number of hydrogen-bond acceptors (Lipinski definition) is 3. The number of anilines is 2. The molecule has 2 amide bonds. The summed E-state index contributed by atoms with van der Waals surface area (Å²) in [6.07, 6.45) is 0. The highest BCUT2D eigenvalue weighted by atomic mass is 16.5. The van der Waals surface area contributed by atoms with E-state index in [4.69, 9.17) is 0 Å². The van der Waals surface area contributed by atoms with E-state index in [1.54, 1.807) is 60.7 Å². The lowest BCUT2D eigenvalue weighted by atomic mass is 10.2. The van der Waals surface area contributed by atoms with Crippen molar-refractivity contribution in [2.75, 3.05) is 17.7 Å². The molecule has 0 aliphatic heterocycles. The number of hydrogen-bond donors (Lipinski definition) is 2. The van der Waals surface area contributed by atoms with E-state index in [2.05, 4.69) is 10.6 Å². The lowest BCUT2D eigenvalue weighted by molar-refractivity contribution is -0.420. The largest absolute Gasteiger partial charge is 0.623 e. The average Bonchev–Trinajstić information content (AvgIpc) is 2.48. The van der Waals surface area contributed by atoms with Crippen LogP contribution in [0.15, 0.2) is 60.7 Å². The lowest BCUT2D eigenvalue weighted by Gasteiger charge is -2.09. The van der Waals surface area contributed by atoms with Gasteiger partial charge in [0.25, 0.3) is 0 Å². The van der Waals surface area contributed by atoms with Gasteiger partial charge in [-0.05, 0) is 24.3 Å². The first-order chi connectivity index (χ1) is 10.6. The van der Waals surface area contributed by atoms with Crippen LogP contribution in [-0.2, 0) is 9.59 Å². The molecule has 6 nitrogen and oxygen atoms in total. The summed E-state index contributed by atoms with van der Waals surface area (Å²) in [5, 5.41) is 16.6. The molecule has 0 saturated heterocycles. The topological polar surface area (TPSA) is 84.3 Å². The van der Waals surface area contributed by atoms with Crippen LogP contribution in [0.25, 0.3) is 0 Å². The molecule has 2 aromatic carbocycles. The van der Waals surface area contributed by atoms with E-state index in [9.17, 15) is 14.8 Å². The minimum absolute atomic E-state index is 0.247. The maximum Gasteiger partial charge on any atom is 0.342 e. The monoisotopic (exact) mass is 297 g/mol. The highest BCUT2D eigenvalue weighted by molar-refractivity contribution is 6.67. The van der Waals surface area contributed by atoms with Gasteiger partial charge in [-0.1, -0.05) is 36.4 Å². The number of carbonyl (C=O) groups is 2. The first kappa shape index (κ1) is 15.2. The number of amides is 2. The van der Waals surface area contributed by atoms with Gasteiger partial charge in [0, 0.05) is 11.4 Å². The molecule has 112 valence electrons. The molecule has 0 bridgehead atoms. The zero-order chi connectivity index (χ0) is 15.9. The summed E-state index contributed by atoms with van der Waals surface area (Å²) in [7, 11) is 1.10. The average molecular weight is 297 g/mol. The Morgan fingerprint density at radius 2 is 1.18 bits per heavy atom. The molecule has 0 saturated carbocycles. The van der Waals surface area contributed by atoms with E-state index in [1.807, 2.05) is 0 Å². The Morgan fingerprint density at radius 1 is 0.818 bits per heavy atom. The third-order valence-corrected chi connectivity index (χ3v) is 2.81. The Morgan fingerprint density at radius 3 is 1.50 bits per heavy atom. The number of para-hydroxylation sites is 2. The van der Waals surface area contributed by atoms with Crippen molar-refractivity contribution in [1.82, 2.24) is 0 Å². The fourth-order valence-corrected chi connectivity index (χ4v) is 1.81. The molecule has 22 heavy (non-hydrogen) atoms. The molecule has 0 spiro atoms. The number of nitrogens with zero attached hydrogens (tertiary/aromatic N) is 1. The number of rotatable bonds is 4. The maximum atomic E-state index is 12.1. The molecule has 0 aliphatic carbocycles. The summed E-state index contributed by atoms with van der Waals surface area (Å²) in [6, 6.07) is 17.2. The molecule has 0 unspecified atom stereocenters. The number of benzene rings is 2. The minimum Gasteiger partial charge on any atom is -0.623 e. The highest BCUT2D eigenvalue weighted by Crippen LogP contribution is 2.07. The molecule has 0 atom stereocenters. The van der Waals surface area contributed by atoms with Gasteiger partial charge in [-0.3, -0.25) is 9.59 Å². The fraction of sp³-hybridized carbons (Fsp3) is 0.0625. The van der Waals surface area contributed by atoms with Crippen molar-refractivity contribution in [2.45, 2.75) is 0 Å². The first-order valence-corrected chi connectivity index (χ1v) is 6.58. The number of nitrogens with one attached hydrogen (secondary N) is 2. The summed E-state index contributed by atoms with van der Waals surface area (Å²) in [5.41, 5.74) is 0.478. The smallest absolute Gasteiger partial charge is 0.342 e. The summed E-state index contributed by atoms with van der Waals surface area (Å²) in [5.74, 6) is -1.53. The summed E-state index contributed by atoms with van der Waals surface area (Å²) in [4.78, 5) is 24.3. The second-order valence-electron chi connectivity index (χ2n) is 4.49. The van der Waals surface area contributed by atoms with Gasteiger partial charge in [0.05, 0.1) is 0 Å². The number of carbonyl (C=O) groups excluding carboxylic acids is 2. The Balaban J connectivity index is 2.15. The molecule has 0 radical (unpaired) electrons. The quantitative estimate of drug-likeness (QED) is 0.297. The van der Waals surface area contributed by atoms with Crippen molar-refractivity contribution in [3.63, 3.8) is 0 Å². The van der Waals surface area contributed by atoms with Gasteiger partial charge in [-0.2, -0.15) is 4.74 Å². The molecule has 2 aromatic rings. The predicted octanol–water partition coefficient (Wildman–Crippen LogP) is 1.84. The van der Waals surface area contributed by atoms with Crippen LogP contribution >= 0.6 is 0 Å². The molecular formula is C16H15N3O3. The van der Waals surface area contributed by atoms with Crippen LogP contribution in [0.3, 0.4) is 0 Å². The normalized spacial score (nSPS) is 9.68. The van der Waals surface area contributed by atoms with Crippen LogP contribution in [0.1, 0.15) is 0 Å². The van der Waals surface area contributed by atoms with Crippen LogP contribution in [0.4, 0.5) is 11.4 Å². The van der Waals surface area contributed by atoms with Crippen LogP contribution < -0.4 is 10.6 Å². The Labute approximate surface area is 127 Å². The third kappa shape index (κ3) is 3.92. The summed E-state index contributed by atoms with van der Waals surface area (Å²) < 4.78 is 0.247. The van der Waals surface area contributed by atoms with Crippen molar-refractivity contribution in [1.29, 1.82) is 0 Å². The Hall–Kier alpha value is -3.15. The summed E-state index contributed by atoms with van der Waals surface area (Å²) in [6.45, 7) is 0. The molecular weight excluding hydrogens is 282 g/mol. The van der Waals surface area contributed by atoms with Gasteiger partial charge in [0.1, 0.15) is 7.05 Å². The van der Waals surface area contributed by atoms with E-state index in [0.29, 0.717) is 11.4 Å². The molecule has 2 rings (SSSR count). The zero-order valence-electron chi connectivity index (χ0n) is 11.9. The first-order valence-electron chi connectivity index (χ1n) is 6.58. The zero-order valence-corrected chi connectivity index (χ0v) is 11.9. The van der Waals surface area contributed by atoms with E-state index in [1.165, 1.54) is 0 Å². The van der Waals surface area contributed by atoms with E-state index in [0.717, 1.165) is 7.05 Å². The Bertz CT molecular complexity index is 638. The number of hydroxylamine groups is 1. The van der Waals surface area contributed by atoms with Gasteiger partial charge < -0.3 is 15.8 Å². The second kappa shape index (κ2) is 7.03. The van der Waals surface area contributed by atoms with Gasteiger partial charge in [0.2, 0.25) is 0 Å². The fourth-order valence-electron chi connectivity index (χ4n) is 1.81. The highest BCUT2D eigenvalue weighted by Gasteiger charge is 2.28. The maximum absolute atomic E-state index is 12.1. The van der Waals surface area contributed by atoms with Crippen molar-refractivity contribution >= 4 is 28.9 Å². The van der Waals surface area contributed by atoms with Crippen LogP contribution in [0.5, 0.6) is 0 Å². The lowest BCUT2D eigenvalue weighted by Crippen LogP contribution is -2.39. The predicted molar refractivity (Wildman–Crippen MR) is 84.7 cm³/mol. The molecule has 6 heteroatoms. The van der Waals surface area contributed by atoms with E-state index < -0.39 is 17.5 Å². The van der Waals surface area contributed by atoms with Crippen LogP contribution in [-0.4, -0.2) is 29.3 Å². The third-order valence-electron chi connectivity index (χ3n) is 2.81. The van der Waals surface area contributed by atoms with Crippen molar-refractivity contribution < 1.29 is 14.3 Å². The van der Waals surface area contributed by atoms with Crippen LogP contribution in [0.2, 0.25) is 0 Å². The molecule has 0 aliphatic rings. The van der Waals surface area contributed by atoms with Gasteiger partial charge in [0.15, 0.2) is 0 Å². The van der Waals surface area contributed by atoms with Gasteiger partial charge in [-0.25, -0.2) is 0 Å². The molecule has 0 fully saturated rings. The standard InChI is InChI=1S/C16H15N3O3/c1-19(22)14(15(20)17-12-8-4-2-5-9-12)16(21)18-13-10-6-3-7-11-13/h2-11H,1H3,(H,17,20)(H,18,21). The molecule has 2 N–H and O–H groups in total. The van der Waals surface area contributed by atoms with Crippen molar-refractivity contribution in [3.8, 4) is 0 Å². The second-order valence-corrected chi connectivity index (χ2v) is 4.49. The molecule has 0 aromatic heterocycles. The van der Waals surface area contributed by atoms with Crippen molar-refractivity contribution in [3.05, 3.63) is 65.9 Å². The SMILES string of the molecule is C[N+]([O-])=C(C(=O)Nc1ccccc1)C(=O)Nc1ccccc1. The van der Waals surface area contributed by atoms with E-state index >= 15 is 0 Å². The van der Waals surface area contributed by atoms with Gasteiger partial charge in [-0.15, -0.1) is 0 Å². The van der Waals surface area contributed by atoms with Crippen molar-refractivity contribution in [2.24, 2.45) is 0 Å².